The molecule has 1 aromatic rings. The van der Waals surface area contributed by atoms with Crippen LogP contribution in [0.1, 0.15) is 30.4 Å². The van der Waals surface area contributed by atoms with Crippen molar-refractivity contribution in [2.24, 2.45) is 0 Å². The first-order valence-electron chi connectivity index (χ1n) is 7.18. The van der Waals surface area contributed by atoms with Gasteiger partial charge in [-0.3, -0.25) is 4.79 Å². The third-order valence-electron chi connectivity index (χ3n) is 3.79. The van der Waals surface area contributed by atoms with Gasteiger partial charge in [0, 0.05) is 26.1 Å². The highest BCUT2D eigenvalue weighted by molar-refractivity contribution is 5.76. The van der Waals surface area contributed by atoms with E-state index in [4.69, 9.17) is 0 Å². The SMILES string of the molecule is Cc1cccc(CCC(=O)N(C)CC2CCCN2)c1. The van der Waals surface area contributed by atoms with Crippen molar-refractivity contribution in [3.63, 3.8) is 0 Å². The molecular formula is C16H24N2O. The number of nitrogens with one attached hydrogen (secondary N) is 1. The molecule has 1 saturated heterocycles. The Morgan fingerprint density at radius 3 is 3.00 bits per heavy atom. The Balaban J connectivity index is 1.76. The molecule has 0 aliphatic carbocycles. The van der Waals surface area contributed by atoms with E-state index >= 15 is 0 Å². The number of nitrogens with zero attached hydrogens (tertiary/aromatic N) is 1. The zero-order valence-corrected chi connectivity index (χ0v) is 12.0. The van der Waals surface area contributed by atoms with Crippen LogP contribution in [-0.4, -0.2) is 37.0 Å². The normalized spacial score (nSPS) is 18.5. The maximum absolute atomic E-state index is 12.1. The van der Waals surface area contributed by atoms with E-state index in [0.29, 0.717) is 12.5 Å². The number of amides is 1. The predicted molar refractivity (Wildman–Crippen MR) is 78.2 cm³/mol. The van der Waals surface area contributed by atoms with Crippen LogP contribution in [0.4, 0.5) is 0 Å². The second-order valence-electron chi connectivity index (χ2n) is 5.56. The minimum Gasteiger partial charge on any atom is -0.344 e. The largest absolute Gasteiger partial charge is 0.344 e. The highest BCUT2D eigenvalue weighted by Crippen LogP contribution is 2.09. The van der Waals surface area contributed by atoms with Crippen LogP contribution in [0.3, 0.4) is 0 Å². The minimum atomic E-state index is 0.246. The quantitative estimate of drug-likeness (QED) is 0.879. The zero-order chi connectivity index (χ0) is 13.7. The van der Waals surface area contributed by atoms with Crippen molar-refractivity contribution in [3.8, 4) is 0 Å². The number of aryl methyl sites for hydroxylation is 2. The van der Waals surface area contributed by atoms with Crippen LogP contribution in [0.5, 0.6) is 0 Å². The van der Waals surface area contributed by atoms with Crippen molar-refractivity contribution in [1.82, 2.24) is 10.2 Å². The van der Waals surface area contributed by atoms with Gasteiger partial charge in [0.25, 0.3) is 0 Å². The third kappa shape index (κ3) is 4.35. The summed E-state index contributed by atoms with van der Waals surface area (Å²) in [7, 11) is 1.92. The molecule has 1 unspecified atom stereocenters. The van der Waals surface area contributed by atoms with Crippen molar-refractivity contribution in [2.45, 2.75) is 38.6 Å². The van der Waals surface area contributed by atoms with Crippen LogP contribution in [0.25, 0.3) is 0 Å². The van der Waals surface area contributed by atoms with Gasteiger partial charge in [0.15, 0.2) is 0 Å². The van der Waals surface area contributed by atoms with Gasteiger partial charge in [-0.2, -0.15) is 0 Å². The second-order valence-corrected chi connectivity index (χ2v) is 5.56. The Hall–Kier alpha value is -1.35. The number of carbonyl (C=O) groups excluding carboxylic acids is 1. The standard InChI is InChI=1S/C16H24N2O/c1-13-5-3-6-14(11-13)8-9-16(19)18(2)12-15-7-4-10-17-15/h3,5-6,11,15,17H,4,7-10,12H2,1-2H3. The van der Waals surface area contributed by atoms with Crippen LogP contribution < -0.4 is 5.32 Å². The fraction of sp³-hybridized carbons (Fsp3) is 0.562. The molecule has 1 aliphatic rings. The molecule has 0 spiro atoms. The van der Waals surface area contributed by atoms with Crippen LogP contribution in [0.15, 0.2) is 24.3 Å². The van der Waals surface area contributed by atoms with Gasteiger partial charge in [-0.05, 0) is 38.3 Å². The highest BCUT2D eigenvalue weighted by atomic mass is 16.2. The van der Waals surface area contributed by atoms with E-state index in [-0.39, 0.29) is 5.91 Å². The summed E-state index contributed by atoms with van der Waals surface area (Å²) >= 11 is 0. The van der Waals surface area contributed by atoms with Crippen molar-refractivity contribution >= 4 is 5.91 Å². The molecule has 0 bridgehead atoms. The summed E-state index contributed by atoms with van der Waals surface area (Å²) in [6, 6.07) is 8.89. The number of likely N-dealkylation sites (N-methyl/N-ethyl adjacent to an activating group) is 1. The topological polar surface area (TPSA) is 32.3 Å². The van der Waals surface area contributed by atoms with Crippen LogP contribution >= 0.6 is 0 Å². The average Bonchev–Trinajstić information content (AvgIpc) is 2.89. The van der Waals surface area contributed by atoms with Gasteiger partial charge in [0.05, 0.1) is 0 Å². The van der Waals surface area contributed by atoms with Crippen molar-refractivity contribution in [2.75, 3.05) is 20.1 Å². The molecule has 1 heterocycles. The fourth-order valence-corrected chi connectivity index (χ4v) is 2.65. The monoisotopic (exact) mass is 260 g/mol. The summed E-state index contributed by atoms with van der Waals surface area (Å²) in [6.45, 7) is 4.02. The van der Waals surface area contributed by atoms with E-state index in [1.807, 2.05) is 11.9 Å². The van der Waals surface area contributed by atoms with Crippen LogP contribution in [0.2, 0.25) is 0 Å². The molecule has 1 aliphatic heterocycles. The Labute approximate surface area is 116 Å². The lowest BCUT2D eigenvalue weighted by Gasteiger charge is -2.21. The maximum atomic E-state index is 12.1. The molecule has 19 heavy (non-hydrogen) atoms. The molecule has 104 valence electrons. The number of carbonyl (C=O) groups is 1. The lowest BCUT2D eigenvalue weighted by molar-refractivity contribution is -0.130. The first-order valence-corrected chi connectivity index (χ1v) is 7.18. The summed E-state index contributed by atoms with van der Waals surface area (Å²) < 4.78 is 0. The molecule has 3 nitrogen and oxygen atoms in total. The Kier molecular flexibility index (Phi) is 4.97. The van der Waals surface area contributed by atoms with Gasteiger partial charge in [-0.15, -0.1) is 0 Å². The third-order valence-corrected chi connectivity index (χ3v) is 3.79. The summed E-state index contributed by atoms with van der Waals surface area (Å²) in [4.78, 5) is 14.0. The van der Waals surface area contributed by atoms with Gasteiger partial charge in [0.1, 0.15) is 0 Å². The fourth-order valence-electron chi connectivity index (χ4n) is 2.65. The highest BCUT2D eigenvalue weighted by Gasteiger charge is 2.18. The second kappa shape index (κ2) is 6.71. The van der Waals surface area contributed by atoms with Crippen LogP contribution in [0, 0.1) is 6.92 Å². The van der Waals surface area contributed by atoms with E-state index in [9.17, 15) is 4.79 Å². The van der Waals surface area contributed by atoms with Crippen molar-refractivity contribution < 1.29 is 4.79 Å². The molecule has 1 fully saturated rings. The van der Waals surface area contributed by atoms with Gasteiger partial charge in [-0.1, -0.05) is 29.8 Å². The lowest BCUT2D eigenvalue weighted by atomic mass is 10.1. The zero-order valence-electron chi connectivity index (χ0n) is 12.0. The molecule has 1 aromatic carbocycles. The van der Waals surface area contributed by atoms with Gasteiger partial charge < -0.3 is 10.2 Å². The van der Waals surface area contributed by atoms with E-state index < -0.39 is 0 Å². The molecule has 0 saturated carbocycles. The molecule has 1 atom stereocenters. The molecule has 1 amide bonds. The maximum Gasteiger partial charge on any atom is 0.222 e. The molecule has 2 rings (SSSR count). The molecular weight excluding hydrogens is 236 g/mol. The smallest absolute Gasteiger partial charge is 0.222 e. The number of hydrogen-bond donors (Lipinski definition) is 1. The Bertz CT molecular complexity index is 425. The lowest BCUT2D eigenvalue weighted by Crippen LogP contribution is -2.38. The summed E-state index contributed by atoms with van der Waals surface area (Å²) in [5, 5.41) is 3.43. The Morgan fingerprint density at radius 2 is 2.32 bits per heavy atom. The summed E-state index contributed by atoms with van der Waals surface area (Å²) in [6.07, 6.45) is 3.86. The molecule has 1 N–H and O–H groups in total. The van der Waals surface area contributed by atoms with Gasteiger partial charge >= 0.3 is 0 Å². The van der Waals surface area contributed by atoms with Crippen molar-refractivity contribution in [1.29, 1.82) is 0 Å². The predicted octanol–water partition coefficient (Wildman–Crippen LogP) is 2.14. The molecule has 0 radical (unpaired) electrons. The number of rotatable bonds is 5. The summed E-state index contributed by atoms with van der Waals surface area (Å²) in [5.41, 5.74) is 2.51. The first kappa shape index (κ1) is 14.1. The average molecular weight is 260 g/mol. The van der Waals surface area contributed by atoms with E-state index in [0.717, 1.165) is 19.5 Å². The Morgan fingerprint density at radius 1 is 1.47 bits per heavy atom. The van der Waals surface area contributed by atoms with Gasteiger partial charge in [-0.25, -0.2) is 0 Å². The van der Waals surface area contributed by atoms with E-state index in [1.165, 1.54) is 24.0 Å². The number of hydrogen-bond acceptors (Lipinski definition) is 2. The van der Waals surface area contributed by atoms with E-state index in [2.05, 4.69) is 36.5 Å². The van der Waals surface area contributed by atoms with Crippen molar-refractivity contribution in [3.05, 3.63) is 35.4 Å². The molecule has 0 aromatic heterocycles. The van der Waals surface area contributed by atoms with Crippen LogP contribution in [-0.2, 0) is 11.2 Å². The number of benzene rings is 1. The minimum absolute atomic E-state index is 0.246. The van der Waals surface area contributed by atoms with E-state index in [1.54, 1.807) is 0 Å². The summed E-state index contributed by atoms with van der Waals surface area (Å²) in [5.74, 6) is 0.246. The first-order chi connectivity index (χ1) is 9.15. The van der Waals surface area contributed by atoms with Gasteiger partial charge in [0.2, 0.25) is 5.91 Å². The molecule has 3 heteroatoms.